The molecule has 1 amide bonds. The molecule has 0 saturated heterocycles. The first kappa shape index (κ1) is 12.2. The van der Waals surface area contributed by atoms with Crippen molar-refractivity contribution in [3.63, 3.8) is 0 Å². The highest BCUT2D eigenvalue weighted by Crippen LogP contribution is 2.13. The molecule has 0 aliphatic carbocycles. The molecule has 5 heteroatoms. The number of amides is 1. The van der Waals surface area contributed by atoms with Gasteiger partial charge in [0, 0.05) is 24.4 Å². The van der Waals surface area contributed by atoms with E-state index in [1.807, 2.05) is 20.2 Å². The molecule has 0 saturated carbocycles. The summed E-state index contributed by atoms with van der Waals surface area (Å²) in [5, 5.41) is 16.1. The van der Waals surface area contributed by atoms with Crippen LogP contribution in [0.4, 0.5) is 0 Å². The molecule has 0 bridgehead atoms. The van der Waals surface area contributed by atoms with Gasteiger partial charge in [0.05, 0.1) is 12.2 Å². The van der Waals surface area contributed by atoms with E-state index in [1.54, 1.807) is 23.0 Å². The molecule has 2 rings (SSSR count). The minimum Gasteiger partial charge on any atom is -0.508 e. The van der Waals surface area contributed by atoms with Crippen LogP contribution in [0.3, 0.4) is 0 Å². The summed E-state index contributed by atoms with van der Waals surface area (Å²) in [4.78, 5) is 11.9. The summed E-state index contributed by atoms with van der Waals surface area (Å²) in [7, 11) is 1.83. The quantitative estimate of drug-likeness (QED) is 0.863. The lowest BCUT2D eigenvalue weighted by Crippen LogP contribution is -2.26. The SMILES string of the molecule is CC(NC(=O)c1ccc(O)cc1)c1cnn(C)c1. The third kappa shape index (κ3) is 2.68. The third-order valence-electron chi connectivity index (χ3n) is 2.70. The second-order valence-corrected chi connectivity index (χ2v) is 4.19. The number of aromatic hydroxyl groups is 1. The van der Waals surface area contributed by atoms with E-state index < -0.39 is 0 Å². The number of carbonyl (C=O) groups is 1. The van der Waals surface area contributed by atoms with Gasteiger partial charge in [0.1, 0.15) is 5.75 Å². The van der Waals surface area contributed by atoms with Gasteiger partial charge in [-0.2, -0.15) is 5.10 Å². The van der Waals surface area contributed by atoms with Crippen LogP contribution in [0, 0.1) is 0 Å². The predicted octanol–water partition coefficient (Wildman–Crippen LogP) is 1.62. The summed E-state index contributed by atoms with van der Waals surface area (Å²) >= 11 is 0. The first-order valence-electron chi connectivity index (χ1n) is 5.64. The second kappa shape index (κ2) is 4.91. The zero-order chi connectivity index (χ0) is 13.1. The van der Waals surface area contributed by atoms with Crippen molar-refractivity contribution in [3.8, 4) is 5.75 Å². The highest BCUT2D eigenvalue weighted by Gasteiger charge is 2.12. The highest BCUT2D eigenvalue weighted by atomic mass is 16.3. The number of benzene rings is 1. The molecule has 1 unspecified atom stereocenters. The zero-order valence-electron chi connectivity index (χ0n) is 10.3. The Balaban J connectivity index is 2.05. The molecule has 0 aliphatic heterocycles. The van der Waals surface area contributed by atoms with E-state index in [0.29, 0.717) is 5.56 Å². The number of rotatable bonds is 3. The van der Waals surface area contributed by atoms with Crippen LogP contribution in [0.1, 0.15) is 28.9 Å². The molecular formula is C13H15N3O2. The number of carbonyl (C=O) groups excluding carboxylic acids is 1. The Bertz CT molecular complexity index is 546. The van der Waals surface area contributed by atoms with Gasteiger partial charge in [-0.15, -0.1) is 0 Å². The van der Waals surface area contributed by atoms with Gasteiger partial charge in [0.2, 0.25) is 0 Å². The smallest absolute Gasteiger partial charge is 0.251 e. The number of aryl methyl sites for hydroxylation is 1. The van der Waals surface area contributed by atoms with Gasteiger partial charge in [0.15, 0.2) is 0 Å². The molecule has 1 heterocycles. The average Bonchev–Trinajstić information content (AvgIpc) is 2.76. The Labute approximate surface area is 105 Å². The van der Waals surface area contributed by atoms with E-state index in [9.17, 15) is 4.79 Å². The Kier molecular flexibility index (Phi) is 3.32. The zero-order valence-corrected chi connectivity index (χ0v) is 10.3. The van der Waals surface area contributed by atoms with E-state index in [-0.39, 0.29) is 17.7 Å². The number of phenols is 1. The molecule has 2 N–H and O–H groups in total. The van der Waals surface area contributed by atoms with Crippen LogP contribution in [-0.4, -0.2) is 20.8 Å². The van der Waals surface area contributed by atoms with Crippen molar-refractivity contribution in [2.75, 3.05) is 0 Å². The van der Waals surface area contributed by atoms with Gasteiger partial charge in [-0.05, 0) is 31.2 Å². The van der Waals surface area contributed by atoms with Gasteiger partial charge in [0.25, 0.3) is 5.91 Å². The topological polar surface area (TPSA) is 67.2 Å². The molecule has 0 aliphatic rings. The van der Waals surface area contributed by atoms with Crippen LogP contribution >= 0.6 is 0 Å². The molecule has 1 aromatic heterocycles. The van der Waals surface area contributed by atoms with E-state index in [4.69, 9.17) is 5.11 Å². The molecule has 94 valence electrons. The van der Waals surface area contributed by atoms with Gasteiger partial charge in [-0.3, -0.25) is 9.48 Å². The van der Waals surface area contributed by atoms with E-state index in [0.717, 1.165) is 5.56 Å². The maximum Gasteiger partial charge on any atom is 0.251 e. The Morgan fingerprint density at radius 1 is 1.39 bits per heavy atom. The maximum atomic E-state index is 11.9. The lowest BCUT2D eigenvalue weighted by molar-refractivity contribution is 0.0940. The minimum atomic E-state index is -0.175. The molecule has 1 aromatic carbocycles. The van der Waals surface area contributed by atoms with Crippen LogP contribution < -0.4 is 5.32 Å². The fourth-order valence-corrected chi connectivity index (χ4v) is 1.64. The van der Waals surface area contributed by atoms with Crippen LogP contribution in [0.2, 0.25) is 0 Å². The maximum absolute atomic E-state index is 11.9. The van der Waals surface area contributed by atoms with Crippen molar-refractivity contribution in [1.29, 1.82) is 0 Å². The first-order valence-corrected chi connectivity index (χ1v) is 5.64. The Morgan fingerprint density at radius 3 is 2.61 bits per heavy atom. The molecule has 0 spiro atoms. The number of hydrogen-bond donors (Lipinski definition) is 2. The van der Waals surface area contributed by atoms with Crippen LogP contribution in [-0.2, 0) is 7.05 Å². The van der Waals surface area contributed by atoms with Gasteiger partial charge in [-0.25, -0.2) is 0 Å². The van der Waals surface area contributed by atoms with Crippen molar-refractivity contribution in [1.82, 2.24) is 15.1 Å². The summed E-state index contributed by atoms with van der Waals surface area (Å²) in [6, 6.07) is 6.04. The summed E-state index contributed by atoms with van der Waals surface area (Å²) in [5.41, 5.74) is 1.47. The fraction of sp³-hybridized carbons (Fsp3) is 0.231. The highest BCUT2D eigenvalue weighted by molar-refractivity contribution is 5.94. The molecule has 5 nitrogen and oxygen atoms in total. The van der Waals surface area contributed by atoms with E-state index in [1.165, 1.54) is 12.1 Å². The molecule has 2 aromatic rings. The van der Waals surface area contributed by atoms with Crippen molar-refractivity contribution in [2.24, 2.45) is 7.05 Å². The predicted molar refractivity (Wildman–Crippen MR) is 67.2 cm³/mol. The first-order chi connectivity index (χ1) is 8.56. The van der Waals surface area contributed by atoms with Gasteiger partial charge >= 0.3 is 0 Å². The van der Waals surface area contributed by atoms with E-state index >= 15 is 0 Å². The van der Waals surface area contributed by atoms with Crippen molar-refractivity contribution in [3.05, 3.63) is 47.8 Å². The molecule has 1 atom stereocenters. The summed E-state index contributed by atoms with van der Waals surface area (Å²) in [6.45, 7) is 1.90. The average molecular weight is 245 g/mol. The number of hydrogen-bond acceptors (Lipinski definition) is 3. The molecule has 18 heavy (non-hydrogen) atoms. The lowest BCUT2D eigenvalue weighted by atomic mass is 10.1. The van der Waals surface area contributed by atoms with E-state index in [2.05, 4.69) is 10.4 Å². The second-order valence-electron chi connectivity index (χ2n) is 4.19. The largest absolute Gasteiger partial charge is 0.508 e. The van der Waals surface area contributed by atoms with Crippen molar-refractivity contribution in [2.45, 2.75) is 13.0 Å². The third-order valence-corrected chi connectivity index (χ3v) is 2.70. The Morgan fingerprint density at radius 2 is 2.06 bits per heavy atom. The van der Waals surface area contributed by atoms with Gasteiger partial charge < -0.3 is 10.4 Å². The number of nitrogens with one attached hydrogen (secondary N) is 1. The number of aromatic nitrogens is 2. The summed E-state index contributed by atoms with van der Waals surface area (Å²) in [6.07, 6.45) is 3.59. The Hall–Kier alpha value is -2.30. The van der Waals surface area contributed by atoms with Crippen LogP contribution in [0.5, 0.6) is 5.75 Å². The van der Waals surface area contributed by atoms with Gasteiger partial charge in [-0.1, -0.05) is 0 Å². The lowest BCUT2D eigenvalue weighted by Gasteiger charge is -2.12. The fourth-order valence-electron chi connectivity index (χ4n) is 1.64. The number of nitrogens with zero attached hydrogens (tertiary/aromatic N) is 2. The monoisotopic (exact) mass is 245 g/mol. The summed E-state index contributed by atoms with van der Waals surface area (Å²) < 4.78 is 1.69. The number of phenolic OH excluding ortho intramolecular Hbond substituents is 1. The molecular weight excluding hydrogens is 230 g/mol. The van der Waals surface area contributed by atoms with Crippen molar-refractivity contribution < 1.29 is 9.90 Å². The molecule has 0 radical (unpaired) electrons. The van der Waals surface area contributed by atoms with Crippen molar-refractivity contribution >= 4 is 5.91 Å². The standard InChI is InChI=1S/C13H15N3O2/c1-9(11-7-14-16(2)8-11)15-13(18)10-3-5-12(17)6-4-10/h3-9,17H,1-2H3,(H,15,18). The normalized spacial score (nSPS) is 12.1. The molecule has 0 fully saturated rings. The minimum absolute atomic E-state index is 0.111. The van der Waals surface area contributed by atoms with Crippen LogP contribution in [0.15, 0.2) is 36.7 Å². The van der Waals surface area contributed by atoms with Crippen LogP contribution in [0.25, 0.3) is 0 Å². The summed E-state index contributed by atoms with van der Waals surface area (Å²) in [5.74, 6) is -0.0294.